The molecule has 0 amide bonds. The Labute approximate surface area is 125 Å². The van der Waals surface area contributed by atoms with Gasteiger partial charge in [-0.25, -0.2) is 0 Å². The summed E-state index contributed by atoms with van der Waals surface area (Å²) in [5.41, 5.74) is 1.10. The van der Waals surface area contributed by atoms with Crippen LogP contribution >= 0.6 is 34.8 Å². The lowest BCUT2D eigenvalue weighted by Crippen LogP contribution is -2.33. The van der Waals surface area contributed by atoms with Gasteiger partial charge in [-0.3, -0.25) is 0 Å². The Bertz CT molecular complexity index is 414. The highest BCUT2D eigenvalue weighted by Gasteiger charge is 2.21. The van der Waals surface area contributed by atoms with E-state index >= 15 is 0 Å². The molecule has 102 valence electrons. The van der Waals surface area contributed by atoms with Crippen molar-refractivity contribution in [2.75, 3.05) is 6.54 Å². The van der Waals surface area contributed by atoms with E-state index in [1.54, 1.807) is 12.1 Å². The normalized spacial score (nSPS) is 12.2. The summed E-state index contributed by atoms with van der Waals surface area (Å²) in [6.45, 7) is 10.5. The summed E-state index contributed by atoms with van der Waals surface area (Å²) in [4.78, 5) is 0. The van der Waals surface area contributed by atoms with Crippen LogP contribution in [0.15, 0.2) is 12.1 Å². The molecular weight excluding hydrogens is 289 g/mol. The first-order valence-electron chi connectivity index (χ1n) is 6.09. The minimum absolute atomic E-state index is 0.234. The van der Waals surface area contributed by atoms with E-state index in [4.69, 9.17) is 34.8 Å². The lowest BCUT2D eigenvalue weighted by molar-refractivity contribution is 0.238. The molecule has 1 rings (SSSR count). The average molecular weight is 309 g/mol. The zero-order valence-corrected chi connectivity index (χ0v) is 13.5. The molecule has 0 spiro atoms. The molecule has 1 N–H and O–H groups in total. The number of halogens is 3. The Morgan fingerprint density at radius 1 is 1.11 bits per heavy atom. The summed E-state index contributed by atoms with van der Waals surface area (Å²) in [6, 6.07) is 3.49. The second kappa shape index (κ2) is 6.47. The van der Waals surface area contributed by atoms with Crippen LogP contribution in [-0.4, -0.2) is 6.54 Å². The quantitative estimate of drug-likeness (QED) is 0.716. The fraction of sp³-hybridized carbons (Fsp3) is 0.571. The predicted molar refractivity (Wildman–Crippen MR) is 81.8 cm³/mol. The molecule has 0 saturated carbocycles. The van der Waals surface area contributed by atoms with Gasteiger partial charge in [0.15, 0.2) is 0 Å². The molecule has 0 bridgehead atoms. The van der Waals surface area contributed by atoms with E-state index in [2.05, 4.69) is 33.0 Å². The number of rotatable bonds is 5. The summed E-state index contributed by atoms with van der Waals surface area (Å²) in [5, 5.41) is 5.14. The van der Waals surface area contributed by atoms with E-state index in [1.165, 1.54) is 0 Å². The van der Waals surface area contributed by atoms with Gasteiger partial charge in [0.2, 0.25) is 0 Å². The van der Waals surface area contributed by atoms with Gasteiger partial charge in [0.1, 0.15) is 0 Å². The Morgan fingerprint density at radius 2 is 1.67 bits per heavy atom. The van der Waals surface area contributed by atoms with Crippen LogP contribution in [0.1, 0.15) is 33.3 Å². The van der Waals surface area contributed by atoms with Crippen molar-refractivity contribution < 1.29 is 0 Å². The van der Waals surface area contributed by atoms with Gasteiger partial charge < -0.3 is 5.32 Å². The van der Waals surface area contributed by atoms with Crippen LogP contribution in [0.25, 0.3) is 0 Å². The van der Waals surface area contributed by atoms with Crippen molar-refractivity contribution in [1.29, 1.82) is 0 Å². The maximum atomic E-state index is 6.15. The van der Waals surface area contributed by atoms with E-state index in [9.17, 15) is 0 Å². The van der Waals surface area contributed by atoms with Crippen molar-refractivity contribution in [2.24, 2.45) is 11.3 Å². The second-order valence-electron chi connectivity index (χ2n) is 5.57. The molecule has 0 saturated heterocycles. The number of hydrogen-bond acceptors (Lipinski definition) is 1. The van der Waals surface area contributed by atoms with E-state index in [0.29, 0.717) is 27.5 Å². The SMILES string of the molecule is CC(C)C(C)(C)CNCc1c(Cl)ccc(Cl)c1Cl. The molecule has 1 aromatic rings. The van der Waals surface area contributed by atoms with Crippen LogP contribution in [0.5, 0.6) is 0 Å². The minimum atomic E-state index is 0.234. The van der Waals surface area contributed by atoms with Gasteiger partial charge in [-0.05, 0) is 23.5 Å². The molecule has 0 aliphatic heterocycles. The molecule has 0 atom stereocenters. The van der Waals surface area contributed by atoms with E-state index in [1.807, 2.05) is 0 Å². The van der Waals surface area contributed by atoms with Crippen molar-refractivity contribution in [1.82, 2.24) is 5.32 Å². The number of hydrogen-bond donors (Lipinski definition) is 1. The first kappa shape index (κ1) is 16.1. The smallest absolute Gasteiger partial charge is 0.0652 e. The lowest BCUT2D eigenvalue weighted by atomic mass is 9.81. The third-order valence-corrected chi connectivity index (χ3v) is 4.78. The highest BCUT2D eigenvalue weighted by Crippen LogP contribution is 2.31. The lowest BCUT2D eigenvalue weighted by Gasteiger charge is -2.29. The second-order valence-corrected chi connectivity index (χ2v) is 6.76. The highest BCUT2D eigenvalue weighted by molar-refractivity contribution is 6.44. The van der Waals surface area contributed by atoms with Gasteiger partial charge in [0.05, 0.1) is 10.0 Å². The topological polar surface area (TPSA) is 12.0 Å². The molecule has 4 heteroatoms. The van der Waals surface area contributed by atoms with Crippen LogP contribution in [0, 0.1) is 11.3 Å². The molecule has 0 radical (unpaired) electrons. The van der Waals surface area contributed by atoms with E-state index < -0.39 is 0 Å². The Morgan fingerprint density at radius 3 is 2.22 bits per heavy atom. The molecule has 0 aliphatic carbocycles. The maximum absolute atomic E-state index is 6.15. The maximum Gasteiger partial charge on any atom is 0.0652 e. The summed E-state index contributed by atoms with van der Waals surface area (Å²) >= 11 is 18.3. The number of nitrogens with one attached hydrogen (secondary N) is 1. The standard InChI is InChI=1S/C14H20Cl3N/c1-9(2)14(3,4)8-18-7-10-11(15)5-6-12(16)13(10)17/h5-6,9,18H,7-8H2,1-4H3. The summed E-state index contributed by atoms with van der Waals surface area (Å²) in [5.74, 6) is 0.607. The molecule has 0 unspecified atom stereocenters. The molecule has 0 aliphatic rings. The highest BCUT2D eigenvalue weighted by atomic mass is 35.5. The zero-order valence-electron chi connectivity index (χ0n) is 11.3. The van der Waals surface area contributed by atoms with Gasteiger partial charge in [-0.15, -0.1) is 0 Å². The van der Waals surface area contributed by atoms with Crippen LogP contribution in [-0.2, 0) is 6.54 Å². The van der Waals surface area contributed by atoms with Crippen molar-refractivity contribution >= 4 is 34.8 Å². The van der Waals surface area contributed by atoms with Crippen LogP contribution in [0.3, 0.4) is 0 Å². The van der Waals surface area contributed by atoms with Crippen molar-refractivity contribution in [3.63, 3.8) is 0 Å². The van der Waals surface area contributed by atoms with Gasteiger partial charge in [-0.2, -0.15) is 0 Å². The predicted octanol–water partition coefficient (Wildman–Crippen LogP) is 5.42. The largest absolute Gasteiger partial charge is 0.312 e. The third kappa shape index (κ3) is 4.03. The average Bonchev–Trinajstić information content (AvgIpc) is 2.28. The van der Waals surface area contributed by atoms with Gasteiger partial charge >= 0.3 is 0 Å². The van der Waals surface area contributed by atoms with E-state index in [-0.39, 0.29) is 5.41 Å². The Hall–Kier alpha value is 0.0500. The summed E-state index contributed by atoms with van der Waals surface area (Å²) in [6.07, 6.45) is 0. The summed E-state index contributed by atoms with van der Waals surface area (Å²) in [7, 11) is 0. The molecule has 0 aromatic heterocycles. The summed E-state index contributed by atoms with van der Waals surface area (Å²) < 4.78 is 0. The number of benzene rings is 1. The van der Waals surface area contributed by atoms with Crippen molar-refractivity contribution in [2.45, 2.75) is 34.2 Å². The Balaban J connectivity index is 2.68. The van der Waals surface area contributed by atoms with Gasteiger partial charge in [0.25, 0.3) is 0 Å². The minimum Gasteiger partial charge on any atom is -0.312 e. The monoisotopic (exact) mass is 307 g/mol. The third-order valence-electron chi connectivity index (χ3n) is 3.58. The first-order valence-corrected chi connectivity index (χ1v) is 7.22. The van der Waals surface area contributed by atoms with Crippen molar-refractivity contribution in [3.05, 3.63) is 32.8 Å². The first-order chi connectivity index (χ1) is 8.25. The van der Waals surface area contributed by atoms with E-state index in [0.717, 1.165) is 12.1 Å². The van der Waals surface area contributed by atoms with Crippen LogP contribution < -0.4 is 5.32 Å². The van der Waals surface area contributed by atoms with Crippen LogP contribution in [0.2, 0.25) is 15.1 Å². The molecular formula is C14H20Cl3N. The fourth-order valence-corrected chi connectivity index (χ4v) is 2.13. The Kier molecular flexibility index (Phi) is 5.79. The van der Waals surface area contributed by atoms with Crippen molar-refractivity contribution in [3.8, 4) is 0 Å². The molecule has 0 fully saturated rings. The molecule has 1 aromatic carbocycles. The zero-order chi connectivity index (χ0) is 13.9. The van der Waals surface area contributed by atoms with Gasteiger partial charge in [-0.1, -0.05) is 62.5 Å². The molecule has 18 heavy (non-hydrogen) atoms. The fourth-order valence-electron chi connectivity index (χ4n) is 1.44. The van der Waals surface area contributed by atoms with Gasteiger partial charge in [0, 0.05) is 23.7 Å². The molecule has 0 heterocycles. The van der Waals surface area contributed by atoms with Crippen LogP contribution in [0.4, 0.5) is 0 Å². The molecule has 1 nitrogen and oxygen atoms in total.